The molecular formula is C25H30F2N4O5S3. The third-order valence-corrected chi connectivity index (χ3v) is 12.8. The Labute approximate surface area is 230 Å². The molecule has 0 spiro atoms. The predicted molar refractivity (Wildman–Crippen MR) is 144 cm³/mol. The summed E-state index contributed by atoms with van der Waals surface area (Å²) in [5.41, 5.74) is 0.483. The molecule has 9 nitrogen and oxygen atoms in total. The van der Waals surface area contributed by atoms with Crippen LogP contribution in [0.25, 0.3) is 5.57 Å². The Morgan fingerprint density at radius 1 is 1.03 bits per heavy atom. The number of carbonyl (C=O) groups excluding carboxylic acids is 1. The van der Waals surface area contributed by atoms with Crippen molar-refractivity contribution >= 4 is 47.8 Å². The molecule has 1 amide bonds. The van der Waals surface area contributed by atoms with E-state index >= 15 is 0 Å². The van der Waals surface area contributed by atoms with Gasteiger partial charge in [0.05, 0.1) is 16.3 Å². The minimum atomic E-state index is -3.77. The topological polar surface area (TPSA) is 117 Å². The Morgan fingerprint density at radius 2 is 1.64 bits per heavy atom. The van der Waals surface area contributed by atoms with Gasteiger partial charge in [-0.2, -0.15) is 4.31 Å². The third-order valence-electron chi connectivity index (χ3n) is 7.31. The quantitative estimate of drug-likeness (QED) is 0.463. The molecule has 212 valence electrons. The normalized spacial score (nSPS) is 25.6. The molecule has 2 heterocycles. The van der Waals surface area contributed by atoms with Crippen LogP contribution in [0.4, 0.5) is 13.9 Å². The first-order chi connectivity index (χ1) is 18.4. The molecule has 1 N–H and O–H groups in total. The van der Waals surface area contributed by atoms with Gasteiger partial charge in [-0.15, -0.1) is 0 Å². The first kappa shape index (κ1) is 28.3. The minimum Gasteiger partial charge on any atom is -0.304 e. The summed E-state index contributed by atoms with van der Waals surface area (Å²) >= 11 is 0.822. The first-order valence-electron chi connectivity index (χ1n) is 12.8. The lowest BCUT2D eigenvalue weighted by molar-refractivity contribution is -0.111. The summed E-state index contributed by atoms with van der Waals surface area (Å²) < 4.78 is 80.4. The van der Waals surface area contributed by atoms with Gasteiger partial charge in [-0.3, -0.25) is 10.1 Å². The summed E-state index contributed by atoms with van der Waals surface area (Å²) in [6.07, 6.45) is 0.552. The van der Waals surface area contributed by atoms with Gasteiger partial charge in [0, 0.05) is 31.8 Å². The van der Waals surface area contributed by atoms with Crippen LogP contribution < -0.4 is 5.32 Å². The van der Waals surface area contributed by atoms with E-state index in [-0.39, 0.29) is 37.9 Å². The van der Waals surface area contributed by atoms with Crippen molar-refractivity contribution in [1.82, 2.24) is 14.2 Å². The fourth-order valence-corrected chi connectivity index (χ4v) is 9.06. The molecule has 1 aromatic heterocycles. The number of nitrogens with zero attached hydrogens (tertiary/aromatic N) is 3. The number of amides is 1. The zero-order chi connectivity index (χ0) is 27.9. The monoisotopic (exact) mass is 600 g/mol. The van der Waals surface area contributed by atoms with Crippen molar-refractivity contribution in [3.05, 3.63) is 42.1 Å². The molecule has 2 saturated carbocycles. The zero-order valence-corrected chi connectivity index (χ0v) is 23.7. The zero-order valence-electron chi connectivity index (χ0n) is 21.3. The Morgan fingerprint density at radius 3 is 2.23 bits per heavy atom. The number of piperazine rings is 1. The summed E-state index contributed by atoms with van der Waals surface area (Å²) in [7, 11) is -5.28. The number of nitrogens with one attached hydrogen (secondary N) is 1. The summed E-state index contributed by atoms with van der Waals surface area (Å²) in [6.45, 7) is 1.92. The van der Waals surface area contributed by atoms with Crippen molar-refractivity contribution in [3.8, 4) is 0 Å². The molecule has 1 saturated heterocycles. The number of halogens is 2. The van der Waals surface area contributed by atoms with Crippen molar-refractivity contribution in [2.24, 2.45) is 5.92 Å². The molecule has 0 radical (unpaired) electrons. The lowest BCUT2D eigenvalue weighted by Crippen LogP contribution is -2.46. The number of hydrogen-bond acceptors (Lipinski definition) is 8. The lowest BCUT2D eigenvalue weighted by Gasteiger charge is -2.30. The molecule has 1 unspecified atom stereocenters. The SMILES string of the molecule is CN1CCN(S(=O)(=O)c2cnc(NC(=O)/C(=C/C3C[C@@H](F)[C@@H](F)C3)c3ccc(S(=O)(=O)C4CC4)cc3)s2)CC1. The number of allylic oxidation sites excluding steroid dienone is 1. The van der Waals surface area contributed by atoms with Gasteiger partial charge in [0.2, 0.25) is 0 Å². The van der Waals surface area contributed by atoms with E-state index in [1.54, 1.807) is 0 Å². The summed E-state index contributed by atoms with van der Waals surface area (Å²) in [4.78, 5) is 19.6. The van der Waals surface area contributed by atoms with E-state index in [1.165, 1.54) is 40.8 Å². The highest BCUT2D eigenvalue weighted by atomic mass is 32.2. The number of benzene rings is 1. The molecule has 5 rings (SSSR count). The van der Waals surface area contributed by atoms with Crippen LogP contribution in [-0.4, -0.2) is 87.8 Å². The Hall–Kier alpha value is -2.26. The highest BCUT2D eigenvalue weighted by molar-refractivity contribution is 7.92. The average molecular weight is 601 g/mol. The molecule has 1 aliphatic heterocycles. The molecule has 14 heteroatoms. The van der Waals surface area contributed by atoms with E-state index in [2.05, 4.69) is 10.3 Å². The number of sulfonamides is 1. The summed E-state index contributed by atoms with van der Waals surface area (Å²) in [5, 5.41) is 2.29. The van der Waals surface area contributed by atoms with E-state index in [1.807, 2.05) is 11.9 Å². The largest absolute Gasteiger partial charge is 0.304 e. The number of hydrogen-bond donors (Lipinski definition) is 1. The molecule has 1 aromatic carbocycles. The molecule has 2 aromatic rings. The molecular weight excluding hydrogens is 570 g/mol. The van der Waals surface area contributed by atoms with Crippen LogP contribution >= 0.6 is 11.3 Å². The Kier molecular flexibility index (Phi) is 7.94. The smallest absolute Gasteiger partial charge is 0.257 e. The van der Waals surface area contributed by atoms with Crippen molar-refractivity contribution in [2.45, 2.75) is 52.4 Å². The average Bonchev–Trinajstić information content (AvgIpc) is 3.58. The van der Waals surface area contributed by atoms with Crippen LogP contribution in [0.1, 0.15) is 31.2 Å². The van der Waals surface area contributed by atoms with Gasteiger partial charge in [-0.25, -0.2) is 30.6 Å². The van der Waals surface area contributed by atoms with Gasteiger partial charge in [-0.05, 0) is 56.3 Å². The number of carbonyl (C=O) groups is 1. The van der Waals surface area contributed by atoms with E-state index in [0.29, 0.717) is 44.6 Å². The highest BCUT2D eigenvalue weighted by Gasteiger charge is 2.37. The number of sulfone groups is 1. The maximum atomic E-state index is 13.9. The second-order valence-electron chi connectivity index (χ2n) is 10.3. The van der Waals surface area contributed by atoms with Crippen LogP contribution in [0.15, 0.2) is 45.6 Å². The highest BCUT2D eigenvalue weighted by Crippen LogP contribution is 2.36. The van der Waals surface area contributed by atoms with Gasteiger partial charge in [-0.1, -0.05) is 29.5 Å². The van der Waals surface area contributed by atoms with Crippen molar-refractivity contribution in [1.29, 1.82) is 0 Å². The third kappa shape index (κ3) is 6.09. The Bertz CT molecular complexity index is 1460. The fraction of sp³-hybridized carbons (Fsp3) is 0.520. The second-order valence-corrected chi connectivity index (χ2v) is 15.7. The van der Waals surface area contributed by atoms with Crippen LogP contribution in [0, 0.1) is 5.92 Å². The maximum Gasteiger partial charge on any atom is 0.257 e. The number of likely N-dealkylation sites (N-methyl/N-ethyl adjacent to an activating group) is 1. The van der Waals surface area contributed by atoms with E-state index in [4.69, 9.17) is 0 Å². The van der Waals surface area contributed by atoms with Crippen LogP contribution in [-0.2, 0) is 24.7 Å². The number of aromatic nitrogens is 1. The number of rotatable bonds is 8. The molecule has 0 bridgehead atoms. The van der Waals surface area contributed by atoms with Crippen LogP contribution in [0.3, 0.4) is 0 Å². The van der Waals surface area contributed by atoms with Crippen molar-refractivity contribution in [2.75, 3.05) is 38.5 Å². The molecule has 3 fully saturated rings. The van der Waals surface area contributed by atoms with Crippen LogP contribution in [0.5, 0.6) is 0 Å². The van der Waals surface area contributed by atoms with E-state index < -0.39 is 44.0 Å². The van der Waals surface area contributed by atoms with Crippen LogP contribution in [0.2, 0.25) is 0 Å². The van der Waals surface area contributed by atoms with Gasteiger partial charge in [0.25, 0.3) is 15.9 Å². The molecule has 2 aliphatic carbocycles. The fourth-order valence-electron chi connectivity index (χ4n) is 4.80. The molecule has 39 heavy (non-hydrogen) atoms. The minimum absolute atomic E-state index is 0.00106. The second kappa shape index (κ2) is 11.0. The van der Waals surface area contributed by atoms with Gasteiger partial charge < -0.3 is 4.90 Å². The molecule has 3 atom stereocenters. The van der Waals surface area contributed by atoms with Gasteiger partial charge >= 0.3 is 0 Å². The Balaban J connectivity index is 1.38. The lowest BCUT2D eigenvalue weighted by atomic mass is 9.98. The van der Waals surface area contributed by atoms with Gasteiger partial charge in [0.1, 0.15) is 12.3 Å². The maximum absolute atomic E-state index is 13.9. The number of thiazole rings is 1. The molecule has 3 aliphatic rings. The number of anilines is 1. The van der Waals surface area contributed by atoms with E-state index in [9.17, 15) is 30.4 Å². The number of alkyl halides is 2. The van der Waals surface area contributed by atoms with Crippen molar-refractivity contribution < 1.29 is 30.4 Å². The van der Waals surface area contributed by atoms with Crippen molar-refractivity contribution in [3.63, 3.8) is 0 Å². The first-order valence-corrected chi connectivity index (χ1v) is 16.6. The van der Waals surface area contributed by atoms with Gasteiger partial charge in [0.15, 0.2) is 19.2 Å². The summed E-state index contributed by atoms with van der Waals surface area (Å²) in [5.74, 6) is -1.17. The predicted octanol–water partition coefficient (Wildman–Crippen LogP) is 3.12. The summed E-state index contributed by atoms with van der Waals surface area (Å²) in [6, 6.07) is 5.86. The van der Waals surface area contributed by atoms with E-state index in [0.717, 1.165) is 11.3 Å². The standard InChI is InChI=1S/C25H30F2N4O5S3/c1-30-8-10-31(11-9-30)39(35,36)23-15-28-25(37-23)29-24(32)20(12-16-13-21(26)22(27)14-16)17-2-4-18(5-3-17)38(33,34)19-6-7-19/h2-5,12,15-16,19,21-22H,6-11,13-14H2,1H3,(H,28,29,32)/b20-12+/t16?,21-,22+.